The monoisotopic (exact) mass is 224 g/mol. The molecule has 1 N–H and O–H groups in total. The topological polar surface area (TPSA) is 33.1 Å². The summed E-state index contributed by atoms with van der Waals surface area (Å²) in [6, 6.07) is 0.489. The van der Waals surface area contributed by atoms with Gasteiger partial charge in [-0.1, -0.05) is 0 Å². The lowest BCUT2D eigenvalue weighted by Gasteiger charge is -2.19. The Morgan fingerprint density at radius 2 is 2.25 bits per heavy atom. The molecule has 1 aromatic rings. The summed E-state index contributed by atoms with van der Waals surface area (Å²) >= 11 is 0. The summed E-state index contributed by atoms with van der Waals surface area (Å²) in [5.41, 5.74) is 1.29. The minimum absolute atomic E-state index is 0.489. The molecule has 4 heteroatoms. The van der Waals surface area contributed by atoms with Gasteiger partial charge in [0.05, 0.1) is 12.0 Å². The van der Waals surface area contributed by atoms with Gasteiger partial charge in [-0.15, -0.1) is 0 Å². The fourth-order valence-corrected chi connectivity index (χ4v) is 1.80. The molecule has 0 fully saturated rings. The molecule has 16 heavy (non-hydrogen) atoms. The van der Waals surface area contributed by atoms with Crippen molar-refractivity contribution in [2.24, 2.45) is 0 Å². The first-order chi connectivity index (χ1) is 7.65. The van der Waals surface area contributed by atoms with Crippen LogP contribution >= 0.6 is 0 Å². The fourth-order valence-electron chi connectivity index (χ4n) is 1.80. The third-order valence-electron chi connectivity index (χ3n) is 2.70. The van der Waals surface area contributed by atoms with Gasteiger partial charge in [-0.3, -0.25) is 0 Å². The number of rotatable bonds is 7. The normalized spacial score (nSPS) is 11.6. The lowest BCUT2D eigenvalue weighted by atomic mass is 10.3. The Kier molecular flexibility index (Phi) is 5.49. The lowest BCUT2D eigenvalue weighted by molar-refractivity contribution is 0.309. The Balaban J connectivity index is 2.43. The maximum atomic E-state index is 4.22. The van der Waals surface area contributed by atoms with Crippen LogP contribution in [-0.2, 0) is 6.54 Å². The molecule has 0 aliphatic carbocycles. The van der Waals surface area contributed by atoms with Gasteiger partial charge in [0.15, 0.2) is 0 Å². The Morgan fingerprint density at radius 3 is 2.88 bits per heavy atom. The molecular formula is C12H24N4. The van der Waals surface area contributed by atoms with E-state index in [1.54, 1.807) is 0 Å². The van der Waals surface area contributed by atoms with Crippen LogP contribution in [0.4, 0.5) is 0 Å². The minimum atomic E-state index is 0.489. The minimum Gasteiger partial charge on any atom is -0.331 e. The van der Waals surface area contributed by atoms with Crippen molar-refractivity contribution in [3.05, 3.63) is 18.2 Å². The second kappa shape index (κ2) is 6.66. The van der Waals surface area contributed by atoms with Crippen LogP contribution < -0.4 is 5.32 Å². The van der Waals surface area contributed by atoms with Crippen molar-refractivity contribution in [3.63, 3.8) is 0 Å². The van der Waals surface area contributed by atoms with Crippen molar-refractivity contribution in [2.45, 2.75) is 32.9 Å². The molecule has 0 bridgehead atoms. The number of aromatic nitrogens is 2. The van der Waals surface area contributed by atoms with Crippen molar-refractivity contribution >= 4 is 0 Å². The second-order valence-electron chi connectivity index (χ2n) is 4.58. The van der Waals surface area contributed by atoms with Gasteiger partial charge in [-0.2, -0.15) is 0 Å². The smallest absolute Gasteiger partial charge is 0.0951 e. The van der Waals surface area contributed by atoms with E-state index in [1.807, 2.05) is 19.6 Å². The van der Waals surface area contributed by atoms with Crippen molar-refractivity contribution in [2.75, 3.05) is 27.2 Å². The van der Waals surface area contributed by atoms with Crippen LogP contribution in [0.15, 0.2) is 12.5 Å². The third kappa shape index (κ3) is 3.94. The van der Waals surface area contributed by atoms with Crippen molar-refractivity contribution in [3.8, 4) is 0 Å². The quantitative estimate of drug-likeness (QED) is 0.713. The summed E-state index contributed by atoms with van der Waals surface area (Å²) < 4.78 is 2.23. The Bertz CT molecular complexity index is 293. The number of imidazole rings is 1. The first kappa shape index (κ1) is 13.2. The Labute approximate surface area is 98.7 Å². The number of hydrogen-bond donors (Lipinski definition) is 1. The Morgan fingerprint density at radius 1 is 1.50 bits per heavy atom. The van der Waals surface area contributed by atoms with Gasteiger partial charge in [0.2, 0.25) is 0 Å². The molecule has 0 aliphatic heterocycles. The summed E-state index contributed by atoms with van der Waals surface area (Å²) in [4.78, 5) is 6.56. The molecule has 0 unspecified atom stereocenters. The van der Waals surface area contributed by atoms with Crippen molar-refractivity contribution in [1.82, 2.24) is 19.8 Å². The molecule has 0 aliphatic rings. The molecule has 1 heterocycles. The highest BCUT2D eigenvalue weighted by Gasteiger charge is 2.07. The highest BCUT2D eigenvalue weighted by molar-refractivity contribution is 4.99. The van der Waals surface area contributed by atoms with E-state index in [2.05, 4.69) is 40.7 Å². The van der Waals surface area contributed by atoms with Crippen LogP contribution in [0.2, 0.25) is 0 Å². The van der Waals surface area contributed by atoms with Crippen LogP contribution in [0, 0.1) is 0 Å². The summed E-state index contributed by atoms with van der Waals surface area (Å²) in [5, 5.41) is 3.17. The SMILES string of the molecule is CNCCCN(C)Cc1cncn1C(C)C. The van der Waals surface area contributed by atoms with Crippen LogP contribution in [0.1, 0.15) is 32.0 Å². The molecule has 0 saturated heterocycles. The van der Waals surface area contributed by atoms with Crippen LogP contribution in [0.5, 0.6) is 0 Å². The number of hydrogen-bond acceptors (Lipinski definition) is 3. The third-order valence-corrected chi connectivity index (χ3v) is 2.70. The molecule has 4 nitrogen and oxygen atoms in total. The van der Waals surface area contributed by atoms with Gasteiger partial charge < -0.3 is 14.8 Å². The van der Waals surface area contributed by atoms with Crippen LogP contribution in [-0.4, -0.2) is 41.6 Å². The first-order valence-corrected chi connectivity index (χ1v) is 5.99. The zero-order valence-corrected chi connectivity index (χ0v) is 10.9. The molecule has 1 aromatic heterocycles. The summed E-state index contributed by atoms with van der Waals surface area (Å²) in [6.45, 7) is 7.54. The molecule has 0 spiro atoms. The highest BCUT2D eigenvalue weighted by Crippen LogP contribution is 2.10. The molecule has 0 atom stereocenters. The largest absolute Gasteiger partial charge is 0.331 e. The van der Waals surface area contributed by atoms with Gasteiger partial charge in [0, 0.05) is 18.8 Å². The molecule has 0 radical (unpaired) electrons. The van der Waals surface area contributed by atoms with E-state index in [0.717, 1.165) is 19.6 Å². The second-order valence-corrected chi connectivity index (χ2v) is 4.58. The molecule has 92 valence electrons. The highest BCUT2D eigenvalue weighted by atomic mass is 15.1. The van der Waals surface area contributed by atoms with E-state index < -0.39 is 0 Å². The standard InChI is InChI=1S/C12H24N4/c1-11(2)16-10-14-8-12(16)9-15(4)7-5-6-13-3/h8,10-11,13H,5-7,9H2,1-4H3. The molecule has 1 rings (SSSR count). The van der Waals surface area contributed by atoms with Gasteiger partial charge in [0.25, 0.3) is 0 Å². The summed E-state index contributed by atoms with van der Waals surface area (Å²) in [7, 11) is 4.15. The van der Waals surface area contributed by atoms with E-state index in [9.17, 15) is 0 Å². The maximum absolute atomic E-state index is 4.22. The summed E-state index contributed by atoms with van der Waals surface area (Å²) in [5.74, 6) is 0. The van der Waals surface area contributed by atoms with E-state index in [1.165, 1.54) is 12.1 Å². The predicted molar refractivity (Wildman–Crippen MR) is 67.5 cm³/mol. The zero-order valence-electron chi connectivity index (χ0n) is 10.9. The first-order valence-electron chi connectivity index (χ1n) is 5.99. The predicted octanol–water partition coefficient (Wildman–Crippen LogP) is 1.51. The summed E-state index contributed by atoms with van der Waals surface area (Å²) in [6.07, 6.45) is 5.07. The van der Waals surface area contributed by atoms with Gasteiger partial charge in [-0.05, 0) is 47.5 Å². The van der Waals surface area contributed by atoms with Gasteiger partial charge in [-0.25, -0.2) is 4.98 Å². The van der Waals surface area contributed by atoms with Crippen molar-refractivity contribution < 1.29 is 0 Å². The van der Waals surface area contributed by atoms with E-state index in [-0.39, 0.29) is 0 Å². The number of nitrogens with zero attached hydrogens (tertiary/aromatic N) is 3. The van der Waals surface area contributed by atoms with E-state index in [0.29, 0.717) is 6.04 Å². The van der Waals surface area contributed by atoms with Crippen LogP contribution in [0.3, 0.4) is 0 Å². The Hall–Kier alpha value is -0.870. The van der Waals surface area contributed by atoms with Crippen LogP contribution in [0.25, 0.3) is 0 Å². The van der Waals surface area contributed by atoms with Crippen molar-refractivity contribution in [1.29, 1.82) is 0 Å². The maximum Gasteiger partial charge on any atom is 0.0951 e. The van der Waals surface area contributed by atoms with Gasteiger partial charge in [0.1, 0.15) is 0 Å². The number of nitrogens with one attached hydrogen (secondary N) is 1. The average molecular weight is 224 g/mol. The molecule has 0 aromatic carbocycles. The molecular weight excluding hydrogens is 200 g/mol. The average Bonchev–Trinajstić information content (AvgIpc) is 2.66. The fraction of sp³-hybridized carbons (Fsp3) is 0.750. The zero-order chi connectivity index (χ0) is 12.0. The molecule has 0 amide bonds. The lowest BCUT2D eigenvalue weighted by Crippen LogP contribution is -2.23. The van der Waals surface area contributed by atoms with E-state index in [4.69, 9.17) is 0 Å². The van der Waals surface area contributed by atoms with Gasteiger partial charge >= 0.3 is 0 Å². The molecule has 0 saturated carbocycles. The van der Waals surface area contributed by atoms with E-state index >= 15 is 0 Å².